The molecule has 2 atom stereocenters. The predicted octanol–water partition coefficient (Wildman–Crippen LogP) is 2.26. The van der Waals surface area contributed by atoms with Crippen molar-refractivity contribution >= 4 is 5.96 Å². The molecule has 2 heterocycles. The quantitative estimate of drug-likeness (QED) is 0.575. The second-order valence-electron chi connectivity index (χ2n) is 7.38. The van der Waals surface area contributed by atoms with Gasteiger partial charge in [-0.1, -0.05) is 13.8 Å². The number of guanidine groups is 1. The highest BCUT2D eigenvalue weighted by atomic mass is 16.5. The predicted molar refractivity (Wildman–Crippen MR) is 103 cm³/mol. The van der Waals surface area contributed by atoms with Crippen LogP contribution in [0.4, 0.5) is 0 Å². The minimum atomic E-state index is 0.196. The van der Waals surface area contributed by atoms with Gasteiger partial charge in [-0.15, -0.1) is 10.2 Å². The lowest BCUT2D eigenvalue weighted by atomic mass is 9.58. The summed E-state index contributed by atoms with van der Waals surface area (Å²) >= 11 is 0. The van der Waals surface area contributed by atoms with Gasteiger partial charge in [0.2, 0.25) is 0 Å². The number of fused-ring (bicyclic) bond motifs is 1. The SMILES string of the molecule is CCOC1CC(NC(=NC)NCc2nnc3n2CCCC3)C1(CC)CC. The third-order valence-electron chi connectivity index (χ3n) is 6.35. The van der Waals surface area contributed by atoms with Gasteiger partial charge in [-0.3, -0.25) is 4.99 Å². The highest BCUT2D eigenvalue weighted by molar-refractivity contribution is 5.80. The maximum absolute atomic E-state index is 5.98. The van der Waals surface area contributed by atoms with E-state index in [1.54, 1.807) is 0 Å². The Kier molecular flexibility index (Phi) is 6.16. The highest BCUT2D eigenvalue weighted by Crippen LogP contribution is 2.48. The van der Waals surface area contributed by atoms with Gasteiger partial charge in [0, 0.05) is 38.1 Å². The first kappa shape index (κ1) is 19.1. The standard InChI is InChI=1S/C19H34N6O/c1-5-19(6-2)14(12-15(19)26-7-3)22-18(20-4)21-13-17-24-23-16-10-8-9-11-25(16)17/h14-15H,5-13H2,1-4H3,(H2,20,21,22). The van der Waals surface area contributed by atoms with E-state index in [1.165, 1.54) is 12.8 Å². The van der Waals surface area contributed by atoms with Crippen molar-refractivity contribution in [3.63, 3.8) is 0 Å². The first-order valence-electron chi connectivity index (χ1n) is 10.2. The lowest BCUT2D eigenvalue weighted by molar-refractivity contribution is -0.133. The smallest absolute Gasteiger partial charge is 0.191 e. The Bertz CT molecular complexity index is 622. The topological polar surface area (TPSA) is 76.4 Å². The number of hydrogen-bond acceptors (Lipinski definition) is 4. The minimum Gasteiger partial charge on any atom is -0.378 e. The number of aromatic nitrogens is 3. The zero-order valence-corrected chi connectivity index (χ0v) is 16.7. The highest BCUT2D eigenvalue weighted by Gasteiger charge is 2.53. The average Bonchev–Trinajstić information content (AvgIpc) is 3.08. The fourth-order valence-electron chi connectivity index (χ4n) is 4.61. The van der Waals surface area contributed by atoms with Crippen LogP contribution >= 0.6 is 0 Å². The van der Waals surface area contributed by atoms with Crippen LogP contribution in [0.15, 0.2) is 4.99 Å². The Morgan fingerprint density at radius 3 is 2.77 bits per heavy atom. The summed E-state index contributed by atoms with van der Waals surface area (Å²) in [4.78, 5) is 4.42. The van der Waals surface area contributed by atoms with Gasteiger partial charge in [0.25, 0.3) is 0 Å². The molecule has 7 heteroatoms. The zero-order chi connectivity index (χ0) is 18.6. The van der Waals surface area contributed by atoms with Gasteiger partial charge in [-0.25, -0.2) is 0 Å². The number of nitrogens with zero attached hydrogens (tertiary/aromatic N) is 4. The lowest BCUT2D eigenvalue weighted by Gasteiger charge is -2.55. The lowest BCUT2D eigenvalue weighted by Crippen LogP contribution is -2.65. The Morgan fingerprint density at radius 2 is 2.08 bits per heavy atom. The van der Waals surface area contributed by atoms with E-state index in [0.29, 0.717) is 18.7 Å². The van der Waals surface area contributed by atoms with Gasteiger partial charge >= 0.3 is 0 Å². The third kappa shape index (κ3) is 3.46. The van der Waals surface area contributed by atoms with Gasteiger partial charge in [0.05, 0.1) is 12.6 Å². The van der Waals surface area contributed by atoms with Crippen molar-refractivity contribution in [2.45, 2.75) is 84.5 Å². The van der Waals surface area contributed by atoms with E-state index >= 15 is 0 Å². The van der Waals surface area contributed by atoms with Crippen LogP contribution in [0.1, 0.15) is 64.5 Å². The molecule has 1 saturated carbocycles. The molecule has 1 fully saturated rings. The van der Waals surface area contributed by atoms with Crippen LogP contribution in [0.5, 0.6) is 0 Å². The zero-order valence-electron chi connectivity index (χ0n) is 16.7. The van der Waals surface area contributed by atoms with Crippen LogP contribution < -0.4 is 10.6 Å². The van der Waals surface area contributed by atoms with Crippen molar-refractivity contribution in [1.82, 2.24) is 25.4 Å². The molecule has 0 radical (unpaired) electrons. The number of aliphatic imine (C=N–C) groups is 1. The number of aryl methyl sites for hydroxylation is 1. The maximum Gasteiger partial charge on any atom is 0.191 e. The summed E-state index contributed by atoms with van der Waals surface area (Å²) in [5, 5.41) is 15.7. The van der Waals surface area contributed by atoms with Crippen molar-refractivity contribution in [1.29, 1.82) is 0 Å². The van der Waals surface area contributed by atoms with Crippen molar-refractivity contribution in [2.75, 3.05) is 13.7 Å². The third-order valence-corrected chi connectivity index (χ3v) is 6.35. The molecular weight excluding hydrogens is 328 g/mol. The van der Waals surface area contributed by atoms with E-state index in [-0.39, 0.29) is 5.41 Å². The normalized spacial score (nSPS) is 24.7. The monoisotopic (exact) mass is 362 g/mol. The summed E-state index contributed by atoms with van der Waals surface area (Å²) in [6, 6.07) is 0.396. The molecule has 1 aromatic heterocycles. The largest absolute Gasteiger partial charge is 0.378 e. The Labute approximate surface area is 157 Å². The van der Waals surface area contributed by atoms with Crippen LogP contribution in [-0.4, -0.2) is 46.5 Å². The molecule has 3 rings (SSSR count). The average molecular weight is 363 g/mol. The van der Waals surface area contributed by atoms with Gasteiger partial charge in [0.15, 0.2) is 11.8 Å². The summed E-state index contributed by atoms with van der Waals surface area (Å²) in [7, 11) is 1.83. The van der Waals surface area contributed by atoms with Gasteiger partial charge in [-0.05, 0) is 39.0 Å². The molecule has 0 bridgehead atoms. The summed E-state index contributed by atoms with van der Waals surface area (Å²) in [6.45, 7) is 9.07. The molecule has 1 aliphatic heterocycles. The van der Waals surface area contributed by atoms with E-state index < -0.39 is 0 Å². The summed E-state index contributed by atoms with van der Waals surface area (Å²) < 4.78 is 8.23. The fraction of sp³-hybridized carbons (Fsp3) is 0.842. The fourth-order valence-corrected chi connectivity index (χ4v) is 4.61. The minimum absolute atomic E-state index is 0.196. The molecule has 0 aromatic carbocycles. The van der Waals surface area contributed by atoms with Crippen LogP contribution in [0.2, 0.25) is 0 Å². The summed E-state index contributed by atoms with van der Waals surface area (Å²) in [5.41, 5.74) is 0.196. The first-order valence-corrected chi connectivity index (χ1v) is 10.2. The van der Waals surface area contributed by atoms with Crippen LogP contribution in [0, 0.1) is 5.41 Å². The Hall–Kier alpha value is -1.63. The molecule has 146 valence electrons. The second-order valence-corrected chi connectivity index (χ2v) is 7.38. The maximum atomic E-state index is 5.98. The molecule has 7 nitrogen and oxygen atoms in total. The van der Waals surface area contributed by atoms with Crippen molar-refractivity contribution in [3.8, 4) is 0 Å². The molecule has 0 spiro atoms. The first-order chi connectivity index (χ1) is 12.7. The van der Waals surface area contributed by atoms with Gasteiger partial charge < -0.3 is 19.9 Å². The number of hydrogen-bond donors (Lipinski definition) is 2. The van der Waals surface area contributed by atoms with Gasteiger partial charge in [0.1, 0.15) is 5.82 Å². The van der Waals surface area contributed by atoms with E-state index in [1.807, 2.05) is 7.05 Å². The van der Waals surface area contributed by atoms with E-state index in [4.69, 9.17) is 4.74 Å². The van der Waals surface area contributed by atoms with Crippen LogP contribution in [0.25, 0.3) is 0 Å². The van der Waals surface area contributed by atoms with E-state index in [2.05, 4.69) is 51.2 Å². The van der Waals surface area contributed by atoms with Crippen molar-refractivity contribution in [2.24, 2.45) is 10.4 Å². The molecule has 0 saturated heterocycles. The molecule has 26 heavy (non-hydrogen) atoms. The van der Waals surface area contributed by atoms with E-state index in [0.717, 1.165) is 56.4 Å². The molecule has 1 aliphatic carbocycles. The van der Waals surface area contributed by atoms with Crippen LogP contribution in [0.3, 0.4) is 0 Å². The molecule has 2 aliphatic rings. The summed E-state index contributed by atoms with van der Waals surface area (Å²) in [5.74, 6) is 2.95. The molecule has 2 unspecified atom stereocenters. The van der Waals surface area contributed by atoms with Crippen molar-refractivity contribution in [3.05, 3.63) is 11.6 Å². The summed E-state index contributed by atoms with van der Waals surface area (Å²) in [6.07, 6.45) is 7.07. The molecule has 0 amide bonds. The second kappa shape index (κ2) is 8.37. The molecule has 2 N–H and O–H groups in total. The number of rotatable bonds is 7. The molecule has 1 aromatic rings. The van der Waals surface area contributed by atoms with E-state index in [9.17, 15) is 0 Å². The Balaban J connectivity index is 1.59. The Morgan fingerprint density at radius 1 is 1.27 bits per heavy atom. The number of ether oxygens (including phenoxy) is 1. The van der Waals surface area contributed by atoms with Crippen LogP contribution in [-0.2, 0) is 24.2 Å². The van der Waals surface area contributed by atoms with Gasteiger partial charge in [-0.2, -0.15) is 0 Å². The number of nitrogens with one attached hydrogen (secondary N) is 2. The molecular formula is C19H34N6O. The van der Waals surface area contributed by atoms with Crippen molar-refractivity contribution < 1.29 is 4.74 Å².